The summed E-state index contributed by atoms with van der Waals surface area (Å²) in [5, 5.41) is 12.8. The Morgan fingerprint density at radius 3 is 2.69 bits per heavy atom. The molecular formula is C11H24N2O3. The first-order chi connectivity index (χ1) is 7.43. The molecule has 5 heteroatoms. The number of hydrogen-bond donors (Lipinski definition) is 2. The molecule has 1 amide bonds. The van der Waals surface area contributed by atoms with Crippen LogP contribution in [0.15, 0.2) is 0 Å². The summed E-state index contributed by atoms with van der Waals surface area (Å²) < 4.78 is 4.90. The summed E-state index contributed by atoms with van der Waals surface area (Å²) in [6.45, 7) is 5.50. The Balaban J connectivity index is 3.75. The second-order valence-corrected chi connectivity index (χ2v) is 4.25. The van der Waals surface area contributed by atoms with Gasteiger partial charge in [-0.25, -0.2) is 0 Å². The van der Waals surface area contributed by atoms with E-state index in [4.69, 9.17) is 4.74 Å². The predicted molar refractivity (Wildman–Crippen MR) is 63.3 cm³/mol. The van der Waals surface area contributed by atoms with Gasteiger partial charge in [0, 0.05) is 40.3 Å². The van der Waals surface area contributed by atoms with Crippen LogP contribution in [0.1, 0.15) is 20.3 Å². The van der Waals surface area contributed by atoms with Gasteiger partial charge in [-0.05, 0) is 13.8 Å². The maximum Gasteiger partial charge on any atom is 0.236 e. The molecular weight excluding hydrogens is 208 g/mol. The Labute approximate surface area is 97.8 Å². The number of likely N-dealkylation sites (N-methyl/N-ethyl adjacent to an activating group) is 1. The normalized spacial score (nSPS) is 14.6. The van der Waals surface area contributed by atoms with Crippen LogP contribution >= 0.6 is 0 Å². The van der Waals surface area contributed by atoms with Crippen LogP contribution in [0.2, 0.25) is 0 Å². The molecule has 0 bridgehead atoms. The van der Waals surface area contributed by atoms with Crippen molar-refractivity contribution in [2.24, 2.45) is 0 Å². The highest BCUT2D eigenvalue weighted by atomic mass is 16.5. The third-order valence-corrected chi connectivity index (χ3v) is 2.53. The van der Waals surface area contributed by atoms with E-state index in [1.54, 1.807) is 26.0 Å². The third kappa shape index (κ3) is 6.76. The summed E-state index contributed by atoms with van der Waals surface area (Å²) in [4.78, 5) is 13.1. The Hall–Kier alpha value is -0.650. The van der Waals surface area contributed by atoms with E-state index < -0.39 is 5.60 Å². The third-order valence-electron chi connectivity index (χ3n) is 2.53. The average Bonchev–Trinajstić information content (AvgIpc) is 2.24. The van der Waals surface area contributed by atoms with Gasteiger partial charge >= 0.3 is 0 Å². The van der Waals surface area contributed by atoms with Crippen molar-refractivity contribution in [1.82, 2.24) is 10.2 Å². The molecule has 0 aromatic rings. The van der Waals surface area contributed by atoms with Gasteiger partial charge in [-0.3, -0.25) is 4.79 Å². The summed E-state index contributed by atoms with van der Waals surface area (Å²) >= 11 is 0. The van der Waals surface area contributed by atoms with Crippen molar-refractivity contribution in [2.75, 3.05) is 40.4 Å². The zero-order valence-corrected chi connectivity index (χ0v) is 10.7. The standard InChI is InChI=1S/C11H24N2O3/c1-5-13(3)10(14)8-12-9-11(2,15)6-7-16-4/h12,15H,5-9H2,1-4H3. The highest BCUT2D eigenvalue weighted by Crippen LogP contribution is 2.07. The second kappa shape index (κ2) is 7.60. The van der Waals surface area contributed by atoms with E-state index in [9.17, 15) is 9.90 Å². The zero-order chi connectivity index (χ0) is 12.6. The second-order valence-electron chi connectivity index (χ2n) is 4.25. The van der Waals surface area contributed by atoms with E-state index in [0.29, 0.717) is 26.1 Å². The lowest BCUT2D eigenvalue weighted by Gasteiger charge is -2.24. The lowest BCUT2D eigenvalue weighted by Crippen LogP contribution is -2.43. The quantitative estimate of drug-likeness (QED) is 0.610. The molecule has 1 unspecified atom stereocenters. The van der Waals surface area contributed by atoms with Gasteiger partial charge in [0.1, 0.15) is 0 Å². The van der Waals surface area contributed by atoms with Crippen molar-refractivity contribution < 1.29 is 14.6 Å². The monoisotopic (exact) mass is 232 g/mol. The number of rotatable bonds is 8. The molecule has 16 heavy (non-hydrogen) atoms. The number of ether oxygens (including phenoxy) is 1. The maximum atomic E-state index is 11.4. The summed E-state index contributed by atoms with van der Waals surface area (Å²) in [6, 6.07) is 0. The number of nitrogens with one attached hydrogen (secondary N) is 1. The molecule has 0 aromatic heterocycles. The van der Waals surface area contributed by atoms with Crippen molar-refractivity contribution >= 4 is 5.91 Å². The minimum atomic E-state index is -0.832. The molecule has 1 atom stereocenters. The van der Waals surface area contributed by atoms with Gasteiger partial charge in [-0.15, -0.1) is 0 Å². The summed E-state index contributed by atoms with van der Waals surface area (Å²) in [5.41, 5.74) is -0.832. The molecule has 0 saturated carbocycles. The van der Waals surface area contributed by atoms with Crippen molar-refractivity contribution in [1.29, 1.82) is 0 Å². The zero-order valence-electron chi connectivity index (χ0n) is 10.7. The van der Waals surface area contributed by atoms with E-state index in [2.05, 4.69) is 5.32 Å². The SMILES string of the molecule is CCN(C)C(=O)CNCC(C)(O)CCOC. The van der Waals surface area contributed by atoms with Crippen LogP contribution in [0.4, 0.5) is 0 Å². The van der Waals surface area contributed by atoms with Crippen molar-refractivity contribution in [3.05, 3.63) is 0 Å². The fraction of sp³-hybridized carbons (Fsp3) is 0.909. The minimum Gasteiger partial charge on any atom is -0.389 e. The van der Waals surface area contributed by atoms with Gasteiger partial charge < -0.3 is 20.1 Å². The van der Waals surface area contributed by atoms with Crippen LogP contribution < -0.4 is 5.32 Å². The maximum absolute atomic E-state index is 11.4. The smallest absolute Gasteiger partial charge is 0.236 e. The molecule has 0 aliphatic carbocycles. The molecule has 0 saturated heterocycles. The topological polar surface area (TPSA) is 61.8 Å². The molecule has 5 nitrogen and oxygen atoms in total. The summed E-state index contributed by atoms with van der Waals surface area (Å²) in [7, 11) is 3.36. The van der Waals surface area contributed by atoms with Crippen molar-refractivity contribution in [3.8, 4) is 0 Å². The van der Waals surface area contributed by atoms with Crippen molar-refractivity contribution in [3.63, 3.8) is 0 Å². The van der Waals surface area contributed by atoms with Crippen LogP contribution in [-0.2, 0) is 9.53 Å². The van der Waals surface area contributed by atoms with Gasteiger partial charge in [0.05, 0.1) is 12.1 Å². The Morgan fingerprint density at radius 2 is 2.19 bits per heavy atom. The van der Waals surface area contributed by atoms with E-state index in [0.717, 1.165) is 0 Å². The first-order valence-electron chi connectivity index (χ1n) is 5.59. The first-order valence-corrected chi connectivity index (χ1v) is 5.59. The fourth-order valence-electron chi connectivity index (χ4n) is 1.16. The lowest BCUT2D eigenvalue weighted by molar-refractivity contribution is -0.128. The van der Waals surface area contributed by atoms with E-state index in [1.807, 2.05) is 6.92 Å². The molecule has 0 fully saturated rings. The molecule has 0 rings (SSSR count). The number of aliphatic hydroxyl groups is 1. The predicted octanol–water partition coefficient (Wildman–Crippen LogP) is -0.158. The average molecular weight is 232 g/mol. The lowest BCUT2D eigenvalue weighted by atomic mass is 10.0. The number of carbonyl (C=O) groups is 1. The van der Waals surface area contributed by atoms with Gasteiger partial charge in [-0.2, -0.15) is 0 Å². The minimum absolute atomic E-state index is 0.0324. The number of carbonyl (C=O) groups excluding carboxylic acids is 1. The Bertz CT molecular complexity index is 207. The van der Waals surface area contributed by atoms with Gasteiger partial charge in [0.25, 0.3) is 0 Å². The van der Waals surface area contributed by atoms with E-state index in [-0.39, 0.29) is 12.5 Å². The van der Waals surface area contributed by atoms with E-state index >= 15 is 0 Å². The van der Waals surface area contributed by atoms with Gasteiger partial charge in [0.2, 0.25) is 5.91 Å². The molecule has 0 aromatic carbocycles. The summed E-state index contributed by atoms with van der Waals surface area (Å²) in [6.07, 6.45) is 0.550. The number of nitrogens with zero attached hydrogens (tertiary/aromatic N) is 1. The molecule has 0 radical (unpaired) electrons. The molecule has 0 spiro atoms. The van der Waals surface area contributed by atoms with Crippen LogP contribution in [-0.4, -0.2) is 61.9 Å². The van der Waals surface area contributed by atoms with Gasteiger partial charge in [-0.1, -0.05) is 0 Å². The molecule has 0 heterocycles. The van der Waals surface area contributed by atoms with E-state index in [1.165, 1.54) is 0 Å². The van der Waals surface area contributed by atoms with Crippen LogP contribution in [0, 0.1) is 0 Å². The molecule has 96 valence electrons. The Morgan fingerprint density at radius 1 is 1.56 bits per heavy atom. The molecule has 0 aliphatic heterocycles. The van der Waals surface area contributed by atoms with Crippen LogP contribution in [0.5, 0.6) is 0 Å². The fourth-order valence-corrected chi connectivity index (χ4v) is 1.16. The molecule has 2 N–H and O–H groups in total. The van der Waals surface area contributed by atoms with Crippen LogP contribution in [0.25, 0.3) is 0 Å². The number of methoxy groups -OCH3 is 1. The Kier molecular flexibility index (Phi) is 7.29. The van der Waals surface area contributed by atoms with Crippen LogP contribution in [0.3, 0.4) is 0 Å². The number of hydrogen-bond acceptors (Lipinski definition) is 4. The van der Waals surface area contributed by atoms with Crippen molar-refractivity contribution in [2.45, 2.75) is 25.9 Å². The first kappa shape index (κ1) is 15.3. The molecule has 0 aliphatic rings. The largest absolute Gasteiger partial charge is 0.389 e. The van der Waals surface area contributed by atoms with Gasteiger partial charge in [0.15, 0.2) is 0 Å². The number of amides is 1. The highest BCUT2D eigenvalue weighted by Gasteiger charge is 2.19. The highest BCUT2D eigenvalue weighted by molar-refractivity contribution is 5.77. The summed E-state index contributed by atoms with van der Waals surface area (Å²) in [5.74, 6) is 0.0324.